The van der Waals surface area contributed by atoms with Crippen LogP contribution in [0.5, 0.6) is 11.5 Å². The van der Waals surface area contributed by atoms with E-state index in [0.29, 0.717) is 49.5 Å². The van der Waals surface area contributed by atoms with Gasteiger partial charge in [-0.2, -0.15) is 0 Å². The van der Waals surface area contributed by atoms with Crippen LogP contribution in [-0.4, -0.2) is 61.1 Å². The SMILES string of the molecule is CC(C(=O)NC(=O)Nc1ccc2c(c1)OCCO2)N1CCC(C(=O)NC2CC2)CC1. The fourth-order valence-electron chi connectivity index (χ4n) is 3.76. The third kappa shape index (κ3) is 5.02. The summed E-state index contributed by atoms with van der Waals surface area (Å²) in [7, 11) is 0. The molecule has 0 bridgehead atoms. The number of carbonyl (C=O) groups excluding carboxylic acids is 3. The van der Waals surface area contributed by atoms with Crippen molar-refractivity contribution in [2.45, 2.75) is 44.7 Å². The number of hydrogen-bond acceptors (Lipinski definition) is 6. The van der Waals surface area contributed by atoms with E-state index in [1.165, 1.54) is 0 Å². The van der Waals surface area contributed by atoms with Crippen LogP contribution in [0.4, 0.5) is 10.5 Å². The molecule has 2 fully saturated rings. The number of piperidine rings is 1. The molecule has 3 N–H and O–H groups in total. The van der Waals surface area contributed by atoms with E-state index in [1.807, 2.05) is 4.90 Å². The molecule has 1 unspecified atom stereocenters. The lowest BCUT2D eigenvalue weighted by atomic mass is 9.95. The van der Waals surface area contributed by atoms with Gasteiger partial charge in [-0.3, -0.25) is 19.8 Å². The number of fused-ring (bicyclic) bond motifs is 1. The van der Waals surface area contributed by atoms with Gasteiger partial charge < -0.3 is 20.1 Å². The molecular weight excluding hydrogens is 388 g/mol. The van der Waals surface area contributed by atoms with E-state index in [-0.39, 0.29) is 17.7 Å². The predicted molar refractivity (Wildman–Crippen MR) is 110 cm³/mol. The molecule has 1 saturated heterocycles. The van der Waals surface area contributed by atoms with Crippen molar-refractivity contribution in [1.29, 1.82) is 0 Å². The maximum Gasteiger partial charge on any atom is 0.325 e. The van der Waals surface area contributed by atoms with Crippen LogP contribution in [0, 0.1) is 5.92 Å². The first-order chi connectivity index (χ1) is 14.5. The number of likely N-dealkylation sites (tertiary alicyclic amines) is 1. The summed E-state index contributed by atoms with van der Waals surface area (Å²) >= 11 is 0. The fourth-order valence-corrected chi connectivity index (χ4v) is 3.76. The molecule has 162 valence electrons. The van der Waals surface area contributed by atoms with E-state index in [0.717, 1.165) is 25.7 Å². The highest BCUT2D eigenvalue weighted by Crippen LogP contribution is 2.32. The summed E-state index contributed by atoms with van der Waals surface area (Å²) in [5, 5.41) is 8.09. The van der Waals surface area contributed by atoms with Crippen molar-refractivity contribution in [3.8, 4) is 11.5 Å². The highest BCUT2D eigenvalue weighted by molar-refractivity contribution is 6.02. The van der Waals surface area contributed by atoms with Crippen molar-refractivity contribution in [2.75, 3.05) is 31.6 Å². The lowest BCUT2D eigenvalue weighted by Gasteiger charge is -2.34. The summed E-state index contributed by atoms with van der Waals surface area (Å²) in [5.41, 5.74) is 0.514. The van der Waals surface area contributed by atoms with Crippen molar-refractivity contribution in [3.05, 3.63) is 18.2 Å². The number of anilines is 1. The van der Waals surface area contributed by atoms with Gasteiger partial charge in [0.05, 0.1) is 6.04 Å². The standard InChI is InChI=1S/C21H28N4O5/c1-13(25-8-6-14(7-9-25)20(27)22-15-2-3-15)19(26)24-21(28)23-16-4-5-17-18(12-16)30-11-10-29-17/h4-5,12-15H,2-3,6-11H2,1H3,(H,22,27)(H2,23,24,26,28). The number of hydrogen-bond donors (Lipinski definition) is 3. The zero-order valence-electron chi connectivity index (χ0n) is 17.1. The van der Waals surface area contributed by atoms with E-state index < -0.39 is 12.1 Å². The average molecular weight is 416 g/mol. The lowest BCUT2D eigenvalue weighted by molar-refractivity contribution is -0.128. The average Bonchev–Trinajstić information content (AvgIpc) is 3.57. The third-order valence-electron chi connectivity index (χ3n) is 5.79. The molecule has 1 aromatic rings. The van der Waals surface area contributed by atoms with Gasteiger partial charge in [-0.15, -0.1) is 0 Å². The van der Waals surface area contributed by atoms with Crippen LogP contribution in [0.2, 0.25) is 0 Å². The summed E-state index contributed by atoms with van der Waals surface area (Å²) in [6.07, 6.45) is 3.60. The number of imide groups is 1. The van der Waals surface area contributed by atoms with Crippen LogP contribution in [0.1, 0.15) is 32.6 Å². The zero-order chi connectivity index (χ0) is 21.1. The number of urea groups is 1. The lowest BCUT2D eigenvalue weighted by Crippen LogP contribution is -2.51. The quantitative estimate of drug-likeness (QED) is 0.671. The Morgan fingerprint density at radius 2 is 1.73 bits per heavy atom. The Morgan fingerprint density at radius 1 is 1.03 bits per heavy atom. The van der Waals surface area contributed by atoms with Crippen LogP contribution in [-0.2, 0) is 9.59 Å². The largest absolute Gasteiger partial charge is 0.486 e. The molecule has 3 aliphatic rings. The molecule has 2 aliphatic heterocycles. The molecule has 4 amide bonds. The molecule has 9 heteroatoms. The summed E-state index contributed by atoms with van der Waals surface area (Å²) < 4.78 is 10.9. The van der Waals surface area contributed by atoms with Gasteiger partial charge in [0.2, 0.25) is 11.8 Å². The second-order valence-corrected chi connectivity index (χ2v) is 8.07. The monoisotopic (exact) mass is 416 g/mol. The van der Waals surface area contributed by atoms with Gasteiger partial charge in [0.1, 0.15) is 13.2 Å². The minimum Gasteiger partial charge on any atom is -0.486 e. The molecule has 0 radical (unpaired) electrons. The Bertz CT molecular complexity index is 818. The third-order valence-corrected chi connectivity index (χ3v) is 5.79. The minimum atomic E-state index is -0.595. The first-order valence-electron chi connectivity index (χ1n) is 10.6. The molecule has 4 rings (SSSR count). The molecular formula is C21H28N4O5. The van der Waals surface area contributed by atoms with Gasteiger partial charge in [-0.05, 0) is 57.8 Å². The molecule has 1 aromatic carbocycles. The van der Waals surface area contributed by atoms with Crippen LogP contribution < -0.4 is 25.4 Å². The molecule has 30 heavy (non-hydrogen) atoms. The van der Waals surface area contributed by atoms with Crippen LogP contribution >= 0.6 is 0 Å². The molecule has 1 aliphatic carbocycles. The Hall–Kier alpha value is -2.81. The maximum atomic E-state index is 12.5. The van der Waals surface area contributed by atoms with E-state index in [4.69, 9.17) is 9.47 Å². The summed E-state index contributed by atoms with van der Waals surface area (Å²) in [6.45, 7) is 4.03. The first-order valence-corrected chi connectivity index (χ1v) is 10.6. The van der Waals surface area contributed by atoms with Crippen molar-refractivity contribution in [3.63, 3.8) is 0 Å². The topological polar surface area (TPSA) is 109 Å². The van der Waals surface area contributed by atoms with Gasteiger partial charge in [0, 0.05) is 23.7 Å². The number of carbonyl (C=O) groups is 3. The van der Waals surface area contributed by atoms with Gasteiger partial charge in [0.25, 0.3) is 0 Å². The van der Waals surface area contributed by atoms with Gasteiger partial charge >= 0.3 is 6.03 Å². The van der Waals surface area contributed by atoms with Crippen LogP contribution in [0.15, 0.2) is 18.2 Å². The summed E-state index contributed by atoms with van der Waals surface area (Å²) in [6, 6.07) is 4.40. The maximum absolute atomic E-state index is 12.5. The Labute approximate surface area is 175 Å². The zero-order valence-corrected chi connectivity index (χ0v) is 17.1. The van der Waals surface area contributed by atoms with Crippen LogP contribution in [0.25, 0.3) is 0 Å². The van der Waals surface area contributed by atoms with E-state index >= 15 is 0 Å². The van der Waals surface area contributed by atoms with E-state index in [2.05, 4.69) is 16.0 Å². The highest BCUT2D eigenvalue weighted by Gasteiger charge is 2.32. The van der Waals surface area contributed by atoms with Crippen molar-refractivity contribution < 1.29 is 23.9 Å². The van der Waals surface area contributed by atoms with E-state index in [9.17, 15) is 14.4 Å². The summed E-state index contributed by atoms with van der Waals surface area (Å²) in [4.78, 5) is 38.9. The molecule has 0 aromatic heterocycles. The second kappa shape index (κ2) is 8.91. The first kappa shape index (κ1) is 20.5. The number of rotatable bonds is 5. The second-order valence-electron chi connectivity index (χ2n) is 8.07. The van der Waals surface area contributed by atoms with Gasteiger partial charge in [-0.25, -0.2) is 4.79 Å². The van der Waals surface area contributed by atoms with Crippen LogP contribution in [0.3, 0.4) is 0 Å². The highest BCUT2D eigenvalue weighted by atomic mass is 16.6. The normalized spacial score (nSPS) is 20.2. The van der Waals surface area contributed by atoms with Crippen molar-refractivity contribution in [1.82, 2.24) is 15.5 Å². The number of benzene rings is 1. The Kier molecular flexibility index (Phi) is 6.08. The smallest absolute Gasteiger partial charge is 0.325 e. The van der Waals surface area contributed by atoms with Gasteiger partial charge in [0.15, 0.2) is 11.5 Å². The summed E-state index contributed by atoms with van der Waals surface area (Å²) in [5.74, 6) is 0.966. The van der Waals surface area contributed by atoms with Crippen molar-refractivity contribution >= 4 is 23.5 Å². The molecule has 0 spiro atoms. The van der Waals surface area contributed by atoms with Crippen molar-refractivity contribution in [2.24, 2.45) is 5.92 Å². The molecule has 2 heterocycles. The Morgan fingerprint density at radius 3 is 2.43 bits per heavy atom. The molecule has 1 saturated carbocycles. The number of amides is 4. The Balaban J connectivity index is 1.23. The fraction of sp³-hybridized carbons (Fsp3) is 0.571. The number of ether oxygens (including phenoxy) is 2. The minimum absolute atomic E-state index is 0.00983. The number of nitrogens with one attached hydrogen (secondary N) is 3. The van der Waals surface area contributed by atoms with Gasteiger partial charge in [-0.1, -0.05) is 0 Å². The predicted octanol–water partition coefficient (Wildman–Crippen LogP) is 1.49. The molecule has 9 nitrogen and oxygen atoms in total. The number of nitrogens with zero attached hydrogens (tertiary/aromatic N) is 1. The van der Waals surface area contributed by atoms with E-state index in [1.54, 1.807) is 25.1 Å². The molecule has 1 atom stereocenters.